The monoisotopic (exact) mass is 368 g/mol. The topological polar surface area (TPSA) is 17.1 Å². The largest absolute Gasteiger partial charge is 0.419 e. The van der Waals surface area contributed by atoms with Crippen LogP contribution in [0.25, 0.3) is 0 Å². The summed E-state index contributed by atoms with van der Waals surface area (Å²) in [5, 5.41) is 0. The van der Waals surface area contributed by atoms with E-state index in [2.05, 4.69) is 20.8 Å². The van der Waals surface area contributed by atoms with Gasteiger partial charge in [-0.25, -0.2) is 0 Å². The van der Waals surface area contributed by atoms with E-state index < -0.39 is 0 Å². The third-order valence-electron chi connectivity index (χ3n) is 2.75. The van der Waals surface area contributed by atoms with Gasteiger partial charge in [-0.1, -0.05) is 19.4 Å². The molecule has 0 N–H and O–H groups in total. The molecule has 85 valence electrons. The van der Waals surface area contributed by atoms with Gasteiger partial charge in [0, 0.05) is 16.8 Å². The van der Waals surface area contributed by atoms with Gasteiger partial charge >= 0.3 is 0 Å². The molecular weight excluding hydrogens is 355 g/mol. The average molecular weight is 370 g/mol. The van der Waals surface area contributed by atoms with Crippen LogP contribution in [0.4, 0.5) is 0 Å². The molecule has 0 amide bonds. The van der Waals surface area contributed by atoms with Crippen LogP contribution in [-0.4, -0.2) is 6.29 Å². The normalized spacial score (nSPS) is 19.6. The van der Waals surface area contributed by atoms with Crippen LogP contribution in [0.5, 0.6) is 0 Å². The molecule has 0 saturated carbocycles. The van der Waals surface area contributed by atoms with Gasteiger partial charge in [0.25, 0.3) is 0 Å². The predicted molar refractivity (Wildman–Crippen MR) is 66.6 cm³/mol. The molecule has 0 aromatic rings. The van der Waals surface area contributed by atoms with Crippen molar-refractivity contribution in [1.29, 1.82) is 0 Å². The first-order chi connectivity index (χ1) is 5.09. The summed E-state index contributed by atoms with van der Waals surface area (Å²) in [5.41, 5.74) is 4.52. The molecule has 0 bridgehead atoms. The SMILES string of the molecule is Br.Br.CC1=C(C)C(C)C([C-]=O)=C1C.[Co]. The van der Waals surface area contributed by atoms with Crippen molar-refractivity contribution in [3.05, 3.63) is 22.3 Å². The van der Waals surface area contributed by atoms with Crippen LogP contribution in [0.3, 0.4) is 0 Å². The second kappa shape index (κ2) is 7.85. The average Bonchev–Trinajstić information content (AvgIpc) is 2.17. The summed E-state index contributed by atoms with van der Waals surface area (Å²) < 4.78 is 0. The first kappa shape index (κ1) is 20.1. The van der Waals surface area contributed by atoms with E-state index >= 15 is 0 Å². The standard InChI is InChI=1S/C10H13O.2BrH.Co/c1-6-7(2)9(4)10(5-11)8(6)3;;;/h8H,1-4H3;2*1H;/q-1;;;. The van der Waals surface area contributed by atoms with E-state index in [1.54, 1.807) is 0 Å². The van der Waals surface area contributed by atoms with Crippen molar-refractivity contribution in [3.63, 3.8) is 0 Å². The zero-order chi connectivity index (χ0) is 8.59. The number of carbonyl (C=O) groups excluding carboxylic acids is 1. The first-order valence-corrected chi connectivity index (χ1v) is 3.86. The van der Waals surface area contributed by atoms with Crippen molar-refractivity contribution in [3.8, 4) is 0 Å². The van der Waals surface area contributed by atoms with Gasteiger partial charge in [0.05, 0.1) is 0 Å². The Balaban J connectivity index is -0.000000403. The fraction of sp³-hybridized carbons (Fsp3) is 0.500. The van der Waals surface area contributed by atoms with Crippen LogP contribution in [0.2, 0.25) is 0 Å². The minimum Gasteiger partial charge on any atom is -0.419 e. The van der Waals surface area contributed by atoms with Crippen LogP contribution in [-0.2, 0) is 21.6 Å². The molecule has 1 unspecified atom stereocenters. The molecule has 0 saturated heterocycles. The summed E-state index contributed by atoms with van der Waals surface area (Å²) in [5.74, 6) is 0.285. The molecule has 4 heteroatoms. The molecule has 14 heavy (non-hydrogen) atoms. The first-order valence-electron chi connectivity index (χ1n) is 3.86. The Bertz CT molecular complexity index is 269. The summed E-state index contributed by atoms with van der Waals surface area (Å²) in [7, 11) is 0. The van der Waals surface area contributed by atoms with Crippen molar-refractivity contribution in [2.45, 2.75) is 27.7 Å². The molecule has 1 radical (unpaired) electrons. The van der Waals surface area contributed by atoms with Crippen molar-refractivity contribution in [2.75, 3.05) is 0 Å². The maximum absolute atomic E-state index is 10.5. The number of allylic oxidation sites excluding steroid dienone is 4. The Morgan fingerprint density at radius 1 is 1.07 bits per heavy atom. The zero-order valence-electron chi connectivity index (χ0n) is 8.64. The van der Waals surface area contributed by atoms with E-state index in [-0.39, 0.29) is 56.7 Å². The summed E-state index contributed by atoms with van der Waals surface area (Å²) in [6.07, 6.45) is 2.01. The summed E-state index contributed by atoms with van der Waals surface area (Å²) >= 11 is 0. The second-order valence-electron chi connectivity index (χ2n) is 3.17. The molecular formula is C10H15Br2CoO-. The number of hydrogen-bond acceptors (Lipinski definition) is 1. The van der Waals surface area contributed by atoms with Crippen LogP contribution in [0.15, 0.2) is 22.3 Å². The molecule has 1 atom stereocenters. The van der Waals surface area contributed by atoms with E-state index in [1.807, 2.05) is 13.2 Å². The third-order valence-corrected chi connectivity index (χ3v) is 2.75. The van der Waals surface area contributed by atoms with Crippen LogP contribution >= 0.6 is 34.0 Å². The van der Waals surface area contributed by atoms with E-state index in [4.69, 9.17) is 0 Å². The van der Waals surface area contributed by atoms with Gasteiger partial charge in [0.2, 0.25) is 0 Å². The van der Waals surface area contributed by atoms with Crippen LogP contribution in [0.1, 0.15) is 27.7 Å². The quantitative estimate of drug-likeness (QED) is 0.646. The molecule has 0 fully saturated rings. The maximum Gasteiger partial charge on any atom is 0 e. The molecule has 1 nitrogen and oxygen atoms in total. The second-order valence-corrected chi connectivity index (χ2v) is 3.17. The molecule has 1 rings (SSSR count). The zero-order valence-corrected chi connectivity index (χ0v) is 13.1. The summed E-state index contributed by atoms with van der Waals surface area (Å²) in [6, 6.07) is 0. The van der Waals surface area contributed by atoms with Gasteiger partial charge in [-0.15, -0.1) is 46.5 Å². The molecule has 1 aliphatic rings. The van der Waals surface area contributed by atoms with Gasteiger partial charge in [0.15, 0.2) is 0 Å². The van der Waals surface area contributed by atoms with E-state index in [0.717, 1.165) is 11.1 Å². The van der Waals surface area contributed by atoms with E-state index in [0.29, 0.717) is 0 Å². The van der Waals surface area contributed by atoms with Gasteiger partial charge in [-0.3, -0.25) is 0 Å². The minimum absolute atomic E-state index is 0. The molecule has 0 aromatic carbocycles. The Kier molecular flexibility index (Phi) is 11.3. The van der Waals surface area contributed by atoms with Crippen molar-refractivity contribution in [2.24, 2.45) is 5.92 Å². The predicted octanol–water partition coefficient (Wildman–Crippen LogP) is 3.55. The Hall–Kier alpha value is 0.616. The molecule has 0 spiro atoms. The summed E-state index contributed by atoms with van der Waals surface area (Å²) in [6.45, 7) is 8.18. The Morgan fingerprint density at radius 2 is 1.50 bits per heavy atom. The number of halogens is 2. The van der Waals surface area contributed by atoms with Gasteiger partial charge < -0.3 is 4.79 Å². The number of hydrogen-bond donors (Lipinski definition) is 0. The van der Waals surface area contributed by atoms with E-state index in [9.17, 15) is 4.79 Å². The van der Waals surface area contributed by atoms with E-state index in [1.165, 1.54) is 11.1 Å². The molecule has 0 aromatic heterocycles. The molecule has 0 aliphatic heterocycles. The number of rotatable bonds is 1. The fourth-order valence-electron chi connectivity index (χ4n) is 1.53. The summed E-state index contributed by atoms with van der Waals surface area (Å²) in [4.78, 5) is 10.5. The minimum atomic E-state index is 0. The van der Waals surface area contributed by atoms with Crippen LogP contribution in [0, 0.1) is 5.92 Å². The third kappa shape index (κ3) is 3.33. The van der Waals surface area contributed by atoms with Gasteiger partial charge in [-0.05, 0) is 19.1 Å². The smallest absolute Gasteiger partial charge is 0 e. The van der Waals surface area contributed by atoms with Crippen molar-refractivity contribution < 1.29 is 21.6 Å². The van der Waals surface area contributed by atoms with Gasteiger partial charge in [-0.2, -0.15) is 11.1 Å². The Morgan fingerprint density at radius 3 is 1.64 bits per heavy atom. The fourth-order valence-corrected chi connectivity index (χ4v) is 1.53. The molecule has 1 aliphatic carbocycles. The maximum atomic E-state index is 10.5. The van der Waals surface area contributed by atoms with Crippen LogP contribution < -0.4 is 0 Å². The van der Waals surface area contributed by atoms with Gasteiger partial charge in [0.1, 0.15) is 0 Å². The Labute approximate surface area is 117 Å². The van der Waals surface area contributed by atoms with Crippen molar-refractivity contribution in [1.82, 2.24) is 0 Å². The molecule has 0 heterocycles. The van der Waals surface area contributed by atoms with Crippen molar-refractivity contribution >= 4 is 40.2 Å².